The summed E-state index contributed by atoms with van der Waals surface area (Å²) in [6.45, 7) is 1.10. The van der Waals surface area contributed by atoms with Crippen LogP contribution in [0.5, 0.6) is 5.75 Å². The largest absolute Gasteiger partial charge is 0.492 e. The number of thioether (sulfide) groups is 1. The highest BCUT2D eigenvalue weighted by atomic mass is 32.2. The van der Waals surface area contributed by atoms with Crippen LogP contribution in [-0.2, 0) is 6.54 Å². The second-order valence-corrected chi connectivity index (χ2v) is 4.38. The van der Waals surface area contributed by atoms with Crippen molar-refractivity contribution in [2.45, 2.75) is 11.7 Å². The van der Waals surface area contributed by atoms with E-state index in [1.165, 1.54) is 6.33 Å². The van der Waals surface area contributed by atoms with E-state index >= 15 is 0 Å². The van der Waals surface area contributed by atoms with Crippen molar-refractivity contribution in [1.29, 1.82) is 0 Å². The highest BCUT2D eigenvalue weighted by Crippen LogP contribution is 2.18. The van der Waals surface area contributed by atoms with Gasteiger partial charge in [-0.05, 0) is 6.07 Å². The molecule has 0 aliphatic heterocycles. The van der Waals surface area contributed by atoms with Crippen LogP contribution in [0.25, 0.3) is 0 Å². The molecule has 0 fully saturated rings. The molecule has 1 heterocycles. The first kappa shape index (κ1) is 11.9. The standard InChI is InChI=1S/C11H14N4OS/c12-7-9-3-1-2-4-10(9)16-5-6-17-11-13-8-14-15-11/h1-4,8H,5-7,12H2,(H,13,14,15). The highest BCUT2D eigenvalue weighted by Gasteiger charge is 2.01. The number of nitrogens with one attached hydrogen (secondary N) is 1. The van der Waals surface area contributed by atoms with Crippen molar-refractivity contribution in [1.82, 2.24) is 15.2 Å². The van der Waals surface area contributed by atoms with Gasteiger partial charge in [0, 0.05) is 17.9 Å². The molecule has 6 heteroatoms. The van der Waals surface area contributed by atoms with Gasteiger partial charge in [-0.2, -0.15) is 5.10 Å². The summed E-state index contributed by atoms with van der Waals surface area (Å²) in [5, 5.41) is 7.36. The summed E-state index contributed by atoms with van der Waals surface area (Å²) >= 11 is 1.57. The number of ether oxygens (including phenoxy) is 1. The van der Waals surface area contributed by atoms with E-state index in [0.717, 1.165) is 22.2 Å². The van der Waals surface area contributed by atoms with Crippen LogP contribution in [0.3, 0.4) is 0 Å². The minimum Gasteiger partial charge on any atom is -0.492 e. The van der Waals surface area contributed by atoms with Gasteiger partial charge in [0.25, 0.3) is 0 Å². The van der Waals surface area contributed by atoms with Crippen LogP contribution in [0.15, 0.2) is 35.7 Å². The van der Waals surface area contributed by atoms with Crippen molar-refractivity contribution in [3.8, 4) is 5.75 Å². The fourth-order valence-corrected chi connectivity index (χ4v) is 1.97. The Labute approximate surface area is 104 Å². The van der Waals surface area contributed by atoms with E-state index in [9.17, 15) is 0 Å². The molecule has 0 radical (unpaired) electrons. The summed E-state index contributed by atoms with van der Waals surface area (Å²) in [5.41, 5.74) is 6.65. The molecule has 2 rings (SSSR count). The van der Waals surface area contributed by atoms with Crippen LogP contribution >= 0.6 is 11.8 Å². The van der Waals surface area contributed by atoms with Gasteiger partial charge in [-0.1, -0.05) is 30.0 Å². The summed E-state index contributed by atoms with van der Waals surface area (Å²) in [4.78, 5) is 4.02. The molecule has 0 aliphatic carbocycles. The average molecular weight is 250 g/mol. The van der Waals surface area contributed by atoms with E-state index in [1.54, 1.807) is 11.8 Å². The Morgan fingerprint density at radius 1 is 1.35 bits per heavy atom. The van der Waals surface area contributed by atoms with Gasteiger partial charge in [0.15, 0.2) is 5.16 Å². The van der Waals surface area contributed by atoms with Crippen LogP contribution in [0.4, 0.5) is 0 Å². The van der Waals surface area contributed by atoms with E-state index in [0.29, 0.717) is 13.2 Å². The second kappa shape index (κ2) is 6.27. The van der Waals surface area contributed by atoms with E-state index in [2.05, 4.69) is 15.2 Å². The fourth-order valence-electron chi connectivity index (χ4n) is 1.37. The van der Waals surface area contributed by atoms with Gasteiger partial charge in [0.1, 0.15) is 12.1 Å². The Morgan fingerprint density at radius 3 is 3.00 bits per heavy atom. The van der Waals surface area contributed by atoms with Gasteiger partial charge in [0.05, 0.1) is 6.61 Å². The molecule has 0 unspecified atom stereocenters. The lowest BCUT2D eigenvalue weighted by molar-refractivity contribution is 0.340. The molecule has 3 N–H and O–H groups in total. The summed E-state index contributed by atoms with van der Waals surface area (Å²) in [7, 11) is 0. The Hall–Kier alpha value is -1.53. The zero-order valence-electron chi connectivity index (χ0n) is 9.30. The first-order valence-electron chi connectivity index (χ1n) is 5.29. The molecule has 0 atom stereocenters. The smallest absolute Gasteiger partial charge is 0.183 e. The molecule has 0 bridgehead atoms. The lowest BCUT2D eigenvalue weighted by Crippen LogP contribution is -2.05. The number of aromatic amines is 1. The Bertz CT molecular complexity index is 446. The molecular weight excluding hydrogens is 236 g/mol. The van der Waals surface area contributed by atoms with Crippen molar-refractivity contribution in [2.24, 2.45) is 5.73 Å². The average Bonchev–Trinajstić information content (AvgIpc) is 2.88. The minimum atomic E-state index is 0.491. The maximum atomic E-state index is 5.66. The van der Waals surface area contributed by atoms with Gasteiger partial charge in [-0.3, -0.25) is 5.10 Å². The quantitative estimate of drug-likeness (QED) is 0.599. The zero-order valence-corrected chi connectivity index (χ0v) is 10.1. The molecule has 0 saturated carbocycles. The van der Waals surface area contributed by atoms with E-state index in [1.807, 2.05) is 24.3 Å². The number of hydrogen-bond acceptors (Lipinski definition) is 5. The zero-order chi connectivity index (χ0) is 11.9. The lowest BCUT2D eigenvalue weighted by Gasteiger charge is -2.09. The molecule has 17 heavy (non-hydrogen) atoms. The molecule has 1 aromatic carbocycles. The third-order valence-corrected chi connectivity index (χ3v) is 3.01. The number of hydrogen-bond donors (Lipinski definition) is 2. The first-order chi connectivity index (χ1) is 8.40. The summed E-state index contributed by atoms with van der Waals surface area (Å²) in [6, 6.07) is 7.80. The summed E-state index contributed by atoms with van der Waals surface area (Å²) < 4.78 is 5.66. The maximum Gasteiger partial charge on any atom is 0.183 e. The molecule has 0 spiro atoms. The topological polar surface area (TPSA) is 76.8 Å². The van der Waals surface area contributed by atoms with Crippen molar-refractivity contribution in [2.75, 3.05) is 12.4 Å². The number of H-pyrrole nitrogens is 1. The van der Waals surface area contributed by atoms with Crippen molar-refractivity contribution in [3.05, 3.63) is 36.2 Å². The van der Waals surface area contributed by atoms with E-state index < -0.39 is 0 Å². The van der Waals surface area contributed by atoms with Crippen LogP contribution in [0, 0.1) is 0 Å². The maximum absolute atomic E-state index is 5.66. The number of nitrogens with zero attached hydrogens (tertiary/aromatic N) is 2. The van der Waals surface area contributed by atoms with Gasteiger partial charge in [-0.15, -0.1) is 0 Å². The fraction of sp³-hybridized carbons (Fsp3) is 0.273. The van der Waals surface area contributed by atoms with Crippen molar-refractivity contribution >= 4 is 11.8 Å². The number of benzene rings is 1. The molecule has 0 amide bonds. The first-order valence-corrected chi connectivity index (χ1v) is 6.27. The molecule has 90 valence electrons. The Morgan fingerprint density at radius 2 is 2.24 bits per heavy atom. The highest BCUT2D eigenvalue weighted by molar-refractivity contribution is 7.99. The normalized spacial score (nSPS) is 10.4. The number of nitrogens with two attached hydrogens (primary N) is 1. The minimum absolute atomic E-state index is 0.491. The number of para-hydroxylation sites is 1. The summed E-state index contributed by atoms with van der Waals surface area (Å²) in [5.74, 6) is 1.67. The summed E-state index contributed by atoms with van der Waals surface area (Å²) in [6.07, 6.45) is 1.49. The van der Waals surface area contributed by atoms with Crippen LogP contribution in [-0.4, -0.2) is 27.5 Å². The van der Waals surface area contributed by atoms with Crippen molar-refractivity contribution in [3.63, 3.8) is 0 Å². The SMILES string of the molecule is NCc1ccccc1OCCSc1ncn[nH]1. The molecule has 0 saturated heterocycles. The second-order valence-electron chi connectivity index (χ2n) is 3.30. The monoisotopic (exact) mass is 250 g/mol. The van der Waals surface area contributed by atoms with Crippen LogP contribution in [0.2, 0.25) is 0 Å². The van der Waals surface area contributed by atoms with Crippen LogP contribution in [0.1, 0.15) is 5.56 Å². The predicted octanol–water partition coefficient (Wildman–Crippen LogP) is 1.43. The third kappa shape index (κ3) is 3.47. The number of aromatic nitrogens is 3. The molecule has 0 aliphatic rings. The van der Waals surface area contributed by atoms with Gasteiger partial charge in [0.2, 0.25) is 0 Å². The van der Waals surface area contributed by atoms with Crippen molar-refractivity contribution < 1.29 is 4.74 Å². The van der Waals surface area contributed by atoms with Gasteiger partial charge < -0.3 is 10.5 Å². The van der Waals surface area contributed by atoms with Crippen LogP contribution < -0.4 is 10.5 Å². The number of rotatable bonds is 6. The lowest BCUT2D eigenvalue weighted by atomic mass is 10.2. The van der Waals surface area contributed by atoms with E-state index in [-0.39, 0.29) is 0 Å². The Balaban J connectivity index is 1.78. The predicted molar refractivity (Wildman–Crippen MR) is 66.9 cm³/mol. The molecule has 1 aromatic heterocycles. The molecule has 5 nitrogen and oxygen atoms in total. The molecular formula is C11H14N4OS. The third-order valence-electron chi connectivity index (χ3n) is 2.17. The Kier molecular flexibility index (Phi) is 4.40. The van der Waals surface area contributed by atoms with Gasteiger partial charge in [-0.25, -0.2) is 4.98 Å². The molecule has 2 aromatic rings. The van der Waals surface area contributed by atoms with Gasteiger partial charge >= 0.3 is 0 Å². The van der Waals surface area contributed by atoms with E-state index in [4.69, 9.17) is 10.5 Å².